The summed E-state index contributed by atoms with van der Waals surface area (Å²) in [5, 5.41) is 18.3. The van der Waals surface area contributed by atoms with Crippen LogP contribution in [0.3, 0.4) is 0 Å². The van der Waals surface area contributed by atoms with Gasteiger partial charge >= 0.3 is 5.97 Å². The molecule has 0 saturated carbocycles. The van der Waals surface area contributed by atoms with Crippen LogP contribution in [0.2, 0.25) is 0 Å². The summed E-state index contributed by atoms with van der Waals surface area (Å²) < 4.78 is 1.80. The molecule has 0 amide bonds. The number of anilines is 1. The summed E-state index contributed by atoms with van der Waals surface area (Å²) in [5.41, 5.74) is 6.90. The van der Waals surface area contributed by atoms with Crippen molar-refractivity contribution in [2.24, 2.45) is 5.10 Å². The number of carboxylic acids is 1. The smallest absolute Gasteiger partial charge is 0.337 e. The third kappa shape index (κ3) is 4.06. The Morgan fingerprint density at radius 1 is 0.931 bits per heavy atom. The van der Waals surface area contributed by atoms with Crippen LogP contribution in [0.1, 0.15) is 15.9 Å². The Morgan fingerprint density at radius 2 is 1.59 bits per heavy atom. The van der Waals surface area contributed by atoms with Crippen molar-refractivity contribution >= 4 is 17.9 Å². The topological polar surface area (TPSA) is 79.5 Å². The van der Waals surface area contributed by atoms with Gasteiger partial charge in [-0.25, -0.2) is 9.48 Å². The first-order valence-electron chi connectivity index (χ1n) is 9.04. The van der Waals surface area contributed by atoms with Gasteiger partial charge in [0.05, 0.1) is 23.2 Å². The molecule has 4 rings (SSSR count). The molecule has 0 spiro atoms. The molecule has 0 fully saturated rings. The Kier molecular flexibility index (Phi) is 5.16. The minimum atomic E-state index is -1.01. The van der Waals surface area contributed by atoms with Crippen LogP contribution < -0.4 is 5.43 Å². The van der Waals surface area contributed by atoms with Gasteiger partial charge in [0, 0.05) is 17.3 Å². The largest absolute Gasteiger partial charge is 0.478 e. The van der Waals surface area contributed by atoms with Crippen LogP contribution in [0.4, 0.5) is 5.69 Å². The second kappa shape index (κ2) is 8.22. The van der Waals surface area contributed by atoms with Gasteiger partial charge in [-0.3, -0.25) is 5.43 Å². The predicted molar refractivity (Wildman–Crippen MR) is 114 cm³/mol. The number of carbonyl (C=O) groups is 1. The molecule has 0 radical (unpaired) electrons. The second-order valence-corrected chi connectivity index (χ2v) is 6.30. The fraction of sp³-hybridized carbons (Fsp3) is 0. The zero-order valence-corrected chi connectivity index (χ0v) is 15.4. The lowest BCUT2D eigenvalue weighted by Gasteiger charge is -2.04. The SMILES string of the molecule is O=C(O)c1ccccc1NN=Cc1cn(-c2ccccc2)nc1-c1ccccc1. The quantitative estimate of drug-likeness (QED) is 0.375. The number of hydrogen-bond donors (Lipinski definition) is 2. The van der Waals surface area contributed by atoms with Crippen LogP contribution in [0, 0.1) is 0 Å². The van der Waals surface area contributed by atoms with E-state index < -0.39 is 5.97 Å². The zero-order valence-electron chi connectivity index (χ0n) is 15.4. The van der Waals surface area contributed by atoms with E-state index in [4.69, 9.17) is 5.10 Å². The number of nitrogens with one attached hydrogen (secondary N) is 1. The molecule has 0 aliphatic heterocycles. The normalized spacial score (nSPS) is 10.9. The summed E-state index contributed by atoms with van der Waals surface area (Å²) in [6.45, 7) is 0. The monoisotopic (exact) mass is 382 g/mol. The van der Waals surface area contributed by atoms with Crippen LogP contribution in [-0.4, -0.2) is 27.1 Å². The fourth-order valence-electron chi connectivity index (χ4n) is 2.95. The van der Waals surface area contributed by atoms with Gasteiger partial charge in [0.1, 0.15) is 5.69 Å². The van der Waals surface area contributed by atoms with Crippen LogP contribution in [0.5, 0.6) is 0 Å². The average molecular weight is 382 g/mol. The van der Waals surface area contributed by atoms with E-state index in [2.05, 4.69) is 10.5 Å². The maximum atomic E-state index is 11.3. The second-order valence-electron chi connectivity index (χ2n) is 6.30. The number of hydrogen-bond acceptors (Lipinski definition) is 4. The van der Waals surface area contributed by atoms with Gasteiger partial charge in [0.25, 0.3) is 0 Å². The molecule has 6 nitrogen and oxygen atoms in total. The van der Waals surface area contributed by atoms with Gasteiger partial charge in [-0.15, -0.1) is 0 Å². The van der Waals surface area contributed by atoms with Crippen molar-refractivity contribution in [3.8, 4) is 16.9 Å². The summed E-state index contributed by atoms with van der Waals surface area (Å²) in [6, 6.07) is 26.3. The Labute approximate surface area is 167 Å². The highest BCUT2D eigenvalue weighted by Crippen LogP contribution is 2.22. The third-order valence-corrected chi connectivity index (χ3v) is 4.36. The molecule has 2 N–H and O–H groups in total. The number of hydrazone groups is 1. The standard InChI is InChI=1S/C23H18N4O2/c28-23(29)20-13-7-8-14-21(20)25-24-15-18-16-27(19-11-5-2-6-12-19)26-22(18)17-9-3-1-4-10-17/h1-16,25H,(H,28,29). The first kappa shape index (κ1) is 18.2. The molecule has 29 heavy (non-hydrogen) atoms. The Bertz CT molecular complexity index is 1150. The van der Waals surface area contributed by atoms with Crippen LogP contribution in [-0.2, 0) is 0 Å². The van der Waals surface area contributed by atoms with Crippen LogP contribution in [0.25, 0.3) is 16.9 Å². The molecular formula is C23H18N4O2. The number of nitrogens with zero attached hydrogens (tertiary/aromatic N) is 3. The lowest BCUT2D eigenvalue weighted by Crippen LogP contribution is -2.02. The number of carboxylic acid groups (broad SMARTS) is 1. The Balaban J connectivity index is 1.68. The summed E-state index contributed by atoms with van der Waals surface area (Å²) >= 11 is 0. The molecule has 0 aliphatic carbocycles. The van der Waals surface area contributed by atoms with Gasteiger partial charge < -0.3 is 5.11 Å². The number of benzene rings is 3. The lowest BCUT2D eigenvalue weighted by molar-refractivity contribution is 0.0698. The lowest BCUT2D eigenvalue weighted by atomic mass is 10.1. The summed E-state index contributed by atoms with van der Waals surface area (Å²) in [6.07, 6.45) is 3.54. The molecular weight excluding hydrogens is 364 g/mol. The van der Waals surface area contributed by atoms with Crippen molar-refractivity contribution in [2.45, 2.75) is 0 Å². The van der Waals surface area contributed by atoms with Gasteiger partial charge in [-0.2, -0.15) is 10.2 Å². The minimum absolute atomic E-state index is 0.160. The molecule has 0 bridgehead atoms. The van der Waals surface area contributed by atoms with E-state index in [-0.39, 0.29) is 5.56 Å². The molecule has 0 saturated heterocycles. The average Bonchev–Trinajstić information content (AvgIpc) is 3.19. The van der Waals surface area contributed by atoms with Crippen molar-refractivity contribution in [1.29, 1.82) is 0 Å². The fourth-order valence-corrected chi connectivity index (χ4v) is 2.95. The van der Waals surface area contributed by atoms with E-state index in [0.29, 0.717) is 5.69 Å². The van der Waals surface area contributed by atoms with E-state index >= 15 is 0 Å². The van der Waals surface area contributed by atoms with Crippen molar-refractivity contribution in [2.75, 3.05) is 5.43 Å². The molecule has 1 aromatic heterocycles. The maximum absolute atomic E-state index is 11.3. The minimum Gasteiger partial charge on any atom is -0.478 e. The van der Waals surface area contributed by atoms with Crippen molar-refractivity contribution in [3.63, 3.8) is 0 Å². The number of rotatable bonds is 6. The first-order chi connectivity index (χ1) is 14.2. The summed E-state index contributed by atoms with van der Waals surface area (Å²) in [7, 11) is 0. The molecule has 0 unspecified atom stereocenters. The van der Waals surface area contributed by atoms with E-state index in [0.717, 1.165) is 22.5 Å². The molecule has 4 aromatic rings. The van der Waals surface area contributed by atoms with Crippen LogP contribution in [0.15, 0.2) is 96.2 Å². The molecule has 1 heterocycles. The molecule has 142 valence electrons. The third-order valence-electron chi connectivity index (χ3n) is 4.36. The van der Waals surface area contributed by atoms with Gasteiger partial charge in [-0.1, -0.05) is 60.7 Å². The highest BCUT2D eigenvalue weighted by molar-refractivity contribution is 5.94. The number of para-hydroxylation sites is 2. The molecule has 6 heteroatoms. The van der Waals surface area contributed by atoms with Crippen molar-refractivity contribution < 1.29 is 9.90 Å². The van der Waals surface area contributed by atoms with E-state index in [9.17, 15) is 9.90 Å². The Hall–Kier alpha value is -4.19. The molecule has 3 aromatic carbocycles. The molecule has 0 aliphatic rings. The summed E-state index contributed by atoms with van der Waals surface area (Å²) in [5.74, 6) is -1.01. The van der Waals surface area contributed by atoms with Crippen molar-refractivity contribution in [3.05, 3.63) is 102 Å². The van der Waals surface area contributed by atoms with E-state index in [1.807, 2.05) is 66.9 Å². The Morgan fingerprint density at radius 3 is 2.31 bits per heavy atom. The van der Waals surface area contributed by atoms with Crippen molar-refractivity contribution in [1.82, 2.24) is 9.78 Å². The zero-order chi connectivity index (χ0) is 20.1. The number of aromatic carboxylic acids is 1. The maximum Gasteiger partial charge on any atom is 0.337 e. The van der Waals surface area contributed by atoms with Crippen LogP contribution >= 0.6 is 0 Å². The van der Waals surface area contributed by atoms with E-state index in [1.165, 1.54) is 6.07 Å². The van der Waals surface area contributed by atoms with Gasteiger partial charge in [-0.05, 0) is 24.3 Å². The first-order valence-corrected chi connectivity index (χ1v) is 9.04. The highest BCUT2D eigenvalue weighted by Gasteiger charge is 2.11. The molecule has 0 atom stereocenters. The summed E-state index contributed by atoms with van der Waals surface area (Å²) in [4.78, 5) is 11.3. The van der Waals surface area contributed by atoms with Gasteiger partial charge in [0.15, 0.2) is 0 Å². The van der Waals surface area contributed by atoms with E-state index in [1.54, 1.807) is 29.1 Å². The highest BCUT2D eigenvalue weighted by atomic mass is 16.4. The number of aromatic nitrogens is 2. The van der Waals surface area contributed by atoms with Gasteiger partial charge in [0.2, 0.25) is 0 Å². The predicted octanol–water partition coefficient (Wildman–Crippen LogP) is 4.68.